The van der Waals surface area contributed by atoms with E-state index in [0.29, 0.717) is 6.61 Å². The normalized spacial score (nSPS) is 12.7. The van der Waals surface area contributed by atoms with Crippen molar-refractivity contribution in [3.8, 4) is 0 Å². The molecule has 54 valence electrons. The van der Waals surface area contributed by atoms with Crippen molar-refractivity contribution in [2.24, 2.45) is 0 Å². The van der Waals surface area contributed by atoms with Crippen LogP contribution in [0.15, 0.2) is 12.8 Å². The van der Waals surface area contributed by atoms with E-state index in [4.69, 9.17) is 9.84 Å². The SMILES string of the molecule is C=COCC(O)CCC. The number of aliphatic hydroxyl groups excluding tert-OH is 1. The van der Waals surface area contributed by atoms with Gasteiger partial charge in [-0.3, -0.25) is 0 Å². The molecule has 0 heterocycles. The molecule has 9 heavy (non-hydrogen) atoms. The largest absolute Gasteiger partial charge is 0.499 e. The first-order valence-corrected chi connectivity index (χ1v) is 3.21. The van der Waals surface area contributed by atoms with E-state index in [9.17, 15) is 0 Å². The van der Waals surface area contributed by atoms with Crippen LogP contribution >= 0.6 is 0 Å². The quantitative estimate of drug-likeness (QED) is 0.568. The average molecular weight is 130 g/mol. The fourth-order valence-electron chi connectivity index (χ4n) is 0.596. The van der Waals surface area contributed by atoms with Crippen molar-refractivity contribution in [3.63, 3.8) is 0 Å². The molecule has 0 spiro atoms. The lowest BCUT2D eigenvalue weighted by atomic mass is 10.2. The fourth-order valence-corrected chi connectivity index (χ4v) is 0.596. The Hall–Kier alpha value is -0.500. The minimum Gasteiger partial charge on any atom is -0.499 e. The number of hydrogen-bond donors (Lipinski definition) is 1. The Kier molecular flexibility index (Phi) is 5.32. The summed E-state index contributed by atoms with van der Waals surface area (Å²) in [7, 11) is 0. The molecule has 0 saturated heterocycles. The fraction of sp³-hybridized carbons (Fsp3) is 0.714. The van der Waals surface area contributed by atoms with E-state index in [1.165, 1.54) is 6.26 Å². The molecule has 0 saturated carbocycles. The Bertz CT molecular complexity index is 71.3. The molecule has 0 aromatic carbocycles. The Morgan fingerprint density at radius 2 is 2.44 bits per heavy atom. The van der Waals surface area contributed by atoms with Gasteiger partial charge >= 0.3 is 0 Å². The van der Waals surface area contributed by atoms with Crippen LogP contribution in [0.2, 0.25) is 0 Å². The zero-order valence-electron chi connectivity index (χ0n) is 5.84. The minimum atomic E-state index is -0.326. The minimum absolute atomic E-state index is 0.326. The van der Waals surface area contributed by atoms with E-state index >= 15 is 0 Å². The molecule has 0 aromatic rings. The zero-order valence-corrected chi connectivity index (χ0v) is 5.84. The van der Waals surface area contributed by atoms with Gasteiger partial charge in [-0.05, 0) is 6.42 Å². The van der Waals surface area contributed by atoms with Gasteiger partial charge in [-0.15, -0.1) is 0 Å². The van der Waals surface area contributed by atoms with Gasteiger partial charge in [-0.1, -0.05) is 19.9 Å². The van der Waals surface area contributed by atoms with E-state index < -0.39 is 0 Å². The van der Waals surface area contributed by atoms with Gasteiger partial charge in [0.1, 0.15) is 6.61 Å². The lowest BCUT2D eigenvalue weighted by molar-refractivity contribution is 0.0777. The first-order valence-electron chi connectivity index (χ1n) is 3.21. The van der Waals surface area contributed by atoms with Crippen molar-refractivity contribution in [1.82, 2.24) is 0 Å². The molecule has 0 radical (unpaired) electrons. The van der Waals surface area contributed by atoms with Gasteiger partial charge in [0.25, 0.3) is 0 Å². The molecule has 1 N–H and O–H groups in total. The second-order valence-corrected chi connectivity index (χ2v) is 1.94. The summed E-state index contributed by atoms with van der Waals surface area (Å²) < 4.78 is 4.76. The predicted molar refractivity (Wildman–Crippen MR) is 37.1 cm³/mol. The molecule has 0 rings (SSSR count). The highest BCUT2D eigenvalue weighted by atomic mass is 16.5. The third kappa shape index (κ3) is 5.37. The maximum Gasteiger partial charge on any atom is 0.113 e. The standard InChI is InChI=1S/C7H14O2/c1-3-5-7(8)6-9-4-2/h4,7-8H,2-3,5-6H2,1H3. The summed E-state index contributed by atoms with van der Waals surface area (Å²) >= 11 is 0. The summed E-state index contributed by atoms with van der Waals surface area (Å²) in [5.41, 5.74) is 0. The van der Waals surface area contributed by atoms with Gasteiger partial charge in [-0.2, -0.15) is 0 Å². The lowest BCUT2D eigenvalue weighted by Crippen LogP contribution is -2.12. The molecule has 0 aliphatic heterocycles. The topological polar surface area (TPSA) is 29.5 Å². The van der Waals surface area contributed by atoms with Gasteiger partial charge in [0.05, 0.1) is 12.4 Å². The van der Waals surface area contributed by atoms with E-state index in [0.717, 1.165) is 12.8 Å². The highest BCUT2D eigenvalue weighted by molar-refractivity contribution is 4.55. The van der Waals surface area contributed by atoms with Crippen LogP contribution in [0.3, 0.4) is 0 Å². The monoisotopic (exact) mass is 130 g/mol. The van der Waals surface area contributed by atoms with Gasteiger partial charge in [0, 0.05) is 0 Å². The zero-order chi connectivity index (χ0) is 7.11. The van der Waals surface area contributed by atoms with Crippen LogP contribution in [0.5, 0.6) is 0 Å². The number of hydrogen-bond acceptors (Lipinski definition) is 2. The Morgan fingerprint density at radius 1 is 1.78 bits per heavy atom. The van der Waals surface area contributed by atoms with E-state index in [-0.39, 0.29) is 6.10 Å². The van der Waals surface area contributed by atoms with Crippen LogP contribution in [0, 0.1) is 0 Å². The highest BCUT2D eigenvalue weighted by Crippen LogP contribution is 1.95. The maximum atomic E-state index is 9.01. The van der Waals surface area contributed by atoms with Gasteiger partial charge in [0.15, 0.2) is 0 Å². The van der Waals surface area contributed by atoms with Crippen LogP contribution in [0.4, 0.5) is 0 Å². The van der Waals surface area contributed by atoms with Gasteiger partial charge in [0.2, 0.25) is 0 Å². The molecule has 0 fully saturated rings. The molecule has 0 amide bonds. The lowest BCUT2D eigenvalue weighted by Gasteiger charge is -2.06. The Morgan fingerprint density at radius 3 is 2.89 bits per heavy atom. The maximum absolute atomic E-state index is 9.01. The van der Waals surface area contributed by atoms with E-state index in [1.54, 1.807) is 0 Å². The van der Waals surface area contributed by atoms with Crippen molar-refractivity contribution in [2.45, 2.75) is 25.9 Å². The Balaban J connectivity index is 3.04. The molecule has 0 aromatic heterocycles. The summed E-state index contributed by atoms with van der Waals surface area (Å²) in [6, 6.07) is 0. The molecule has 2 heteroatoms. The van der Waals surface area contributed by atoms with Crippen LogP contribution in [-0.4, -0.2) is 17.8 Å². The predicted octanol–water partition coefficient (Wildman–Crippen LogP) is 1.31. The molecule has 0 bridgehead atoms. The number of ether oxygens (including phenoxy) is 1. The Labute approximate surface area is 56.1 Å². The third-order valence-corrected chi connectivity index (χ3v) is 1.03. The van der Waals surface area contributed by atoms with Crippen LogP contribution in [0.1, 0.15) is 19.8 Å². The summed E-state index contributed by atoms with van der Waals surface area (Å²) in [5, 5.41) is 9.01. The average Bonchev–Trinajstić information content (AvgIpc) is 1.85. The van der Waals surface area contributed by atoms with Crippen LogP contribution < -0.4 is 0 Å². The van der Waals surface area contributed by atoms with E-state index in [1.807, 2.05) is 6.92 Å². The first kappa shape index (κ1) is 8.50. The van der Waals surface area contributed by atoms with Crippen LogP contribution in [0.25, 0.3) is 0 Å². The summed E-state index contributed by atoms with van der Waals surface area (Å²) in [6.07, 6.45) is 2.81. The molecule has 0 aliphatic carbocycles. The molecule has 2 nitrogen and oxygen atoms in total. The molecular weight excluding hydrogens is 116 g/mol. The summed E-state index contributed by atoms with van der Waals surface area (Å²) in [5.74, 6) is 0. The molecule has 1 atom stereocenters. The van der Waals surface area contributed by atoms with Crippen molar-refractivity contribution in [3.05, 3.63) is 12.8 Å². The smallest absolute Gasteiger partial charge is 0.113 e. The summed E-state index contributed by atoms with van der Waals surface area (Å²) in [4.78, 5) is 0. The molecule has 1 unspecified atom stereocenters. The number of rotatable bonds is 5. The van der Waals surface area contributed by atoms with E-state index in [2.05, 4.69) is 6.58 Å². The third-order valence-electron chi connectivity index (χ3n) is 1.03. The highest BCUT2D eigenvalue weighted by Gasteiger charge is 1.99. The van der Waals surface area contributed by atoms with Crippen molar-refractivity contribution in [1.29, 1.82) is 0 Å². The van der Waals surface area contributed by atoms with Crippen LogP contribution in [-0.2, 0) is 4.74 Å². The second-order valence-electron chi connectivity index (χ2n) is 1.94. The molecular formula is C7H14O2. The molecule has 0 aliphatic rings. The van der Waals surface area contributed by atoms with Crippen molar-refractivity contribution in [2.75, 3.05) is 6.61 Å². The van der Waals surface area contributed by atoms with Crippen molar-refractivity contribution >= 4 is 0 Å². The van der Waals surface area contributed by atoms with Crippen molar-refractivity contribution < 1.29 is 9.84 Å². The summed E-state index contributed by atoms with van der Waals surface area (Å²) in [6.45, 7) is 5.76. The second kappa shape index (κ2) is 5.63. The first-order chi connectivity index (χ1) is 4.31. The van der Waals surface area contributed by atoms with Gasteiger partial charge < -0.3 is 9.84 Å². The number of aliphatic hydroxyl groups is 1. The van der Waals surface area contributed by atoms with Gasteiger partial charge in [-0.25, -0.2) is 0 Å².